The number of nitrogens with one attached hydrogen (secondary N) is 1. The Kier molecular flexibility index (Phi) is 9.97. The van der Waals surface area contributed by atoms with E-state index in [4.69, 9.17) is 9.47 Å². The SMILES string of the molecule is CCCCCNCc1ccc(OCc2ccc(F)cc2)c(OC)c1.Cl. The van der Waals surface area contributed by atoms with Gasteiger partial charge in [0.1, 0.15) is 12.4 Å². The summed E-state index contributed by atoms with van der Waals surface area (Å²) in [7, 11) is 1.64. The van der Waals surface area contributed by atoms with Crippen LogP contribution < -0.4 is 14.8 Å². The zero-order valence-corrected chi connectivity index (χ0v) is 15.7. The molecule has 0 spiro atoms. The van der Waals surface area contributed by atoms with E-state index in [-0.39, 0.29) is 18.2 Å². The number of halogens is 2. The molecule has 2 aromatic rings. The molecule has 2 rings (SSSR count). The molecular formula is C20H27ClFNO2. The lowest BCUT2D eigenvalue weighted by atomic mass is 10.2. The number of ether oxygens (including phenoxy) is 2. The fourth-order valence-electron chi connectivity index (χ4n) is 2.42. The highest BCUT2D eigenvalue weighted by Crippen LogP contribution is 2.28. The van der Waals surface area contributed by atoms with Gasteiger partial charge in [0, 0.05) is 6.54 Å². The number of hydrogen-bond acceptors (Lipinski definition) is 3. The lowest BCUT2D eigenvalue weighted by Crippen LogP contribution is -2.14. The van der Waals surface area contributed by atoms with Crippen LogP contribution in [0, 0.1) is 5.82 Å². The standard InChI is InChI=1S/C20H26FNO2.ClH/c1-3-4-5-12-22-14-17-8-11-19(20(13-17)23-2)24-15-16-6-9-18(21)10-7-16;/h6-11,13,22H,3-5,12,14-15H2,1-2H3;1H. The quantitative estimate of drug-likeness (QED) is 0.591. The molecule has 3 nitrogen and oxygen atoms in total. The molecule has 138 valence electrons. The van der Waals surface area contributed by atoms with Crippen molar-refractivity contribution in [2.75, 3.05) is 13.7 Å². The van der Waals surface area contributed by atoms with Crippen LogP contribution in [0.4, 0.5) is 4.39 Å². The van der Waals surface area contributed by atoms with Gasteiger partial charge in [0.2, 0.25) is 0 Å². The van der Waals surface area contributed by atoms with Gasteiger partial charge in [0.15, 0.2) is 11.5 Å². The number of rotatable bonds is 10. The van der Waals surface area contributed by atoms with E-state index in [0.29, 0.717) is 18.1 Å². The van der Waals surface area contributed by atoms with Crippen molar-refractivity contribution in [2.45, 2.75) is 39.3 Å². The molecule has 25 heavy (non-hydrogen) atoms. The predicted molar refractivity (Wildman–Crippen MR) is 102 cm³/mol. The fourth-order valence-corrected chi connectivity index (χ4v) is 2.42. The van der Waals surface area contributed by atoms with Gasteiger partial charge in [0.05, 0.1) is 7.11 Å². The molecule has 5 heteroatoms. The first-order valence-corrected chi connectivity index (χ1v) is 8.47. The lowest BCUT2D eigenvalue weighted by molar-refractivity contribution is 0.284. The zero-order valence-electron chi connectivity index (χ0n) is 14.9. The largest absolute Gasteiger partial charge is 0.493 e. The van der Waals surface area contributed by atoms with Crippen molar-refractivity contribution in [3.63, 3.8) is 0 Å². The summed E-state index contributed by atoms with van der Waals surface area (Å²) < 4.78 is 24.1. The summed E-state index contributed by atoms with van der Waals surface area (Å²) in [6, 6.07) is 12.3. The van der Waals surface area contributed by atoms with Crippen LogP contribution in [-0.4, -0.2) is 13.7 Å². The Morgan fingerprint density at radius 3 is 2.36 bits per heavy atom. The molecule has 0 aliphatic rings. The average molecular weight is 368 g/mol. The van der Waals surface area contributed by atoms with Crippen molar-refractivity contribution in [1.82, 2.24) is 5.32 Å². The van der Waals surface area contributed by atoms with Gasteiger partial charge < -0.3 is 14.8 Å². The first-order valence-electron chi connectivity index (χ1n) is 8.47. The minimum absolute atomic E-state index is 0. The Bertz CT molecular complexity index is 620. The van der Waals surface area contributed by atoms with Crippen LogP contribution in [-0.2, 0) is 13.2 Å². The Balaban J connectivity index is 0.00000312. The maximum atomic E-state index is 12.9. The molecule has 0 heterocycles. The molecule has 1 N–H and O–H groups in total. The molecule has 0 aliphatic carbocycles. The van der Waals surface area contributed by atoms with Crippen molar-refractivity contribution >= 4 is 12.4 Å². The van der Waals surface area contributed by atoms with Crippen LogP contribution in [0.2, 0.25) is 0 Å². The van der Waals surface area contributed by atoms with E-state index < -0.39 is 0 Å². The van der Waals surface area contributed by atoms with Crippen LogP contribution in [0.1, 0.15) is 37.3 Å². The van der Waals surface area contributed by atoms with Gasteiger partial charge in [0.25, 0.3) is 0 Å². The smallest absolute Gasteiger partial charge is 0.161 e. The first-order chi connectivity index (χ1) is 11.7. The maximum absolute atomic E-state index is 12.9. The van der Waals surface area contributed by atoms with E-state index in [1.165, 1.54) is 31.4 Å². The number of unbranched alkanes of at least 4 members (excludes halogenated alkanes) is 2. The van der Waals surface area contributed by atoms with E-state index in [0.717, 1.165) is 24.2 Å². The second kappa shape index (κ2) is 11.7. The summed E-state index contributed by atoms with van der Waals surface area (Å²) in [5.74, 6) is 1.16. The molecule has 0 saturated heterocycles. The van der Waals surface area contributed by atoms with Crippen LogP contribution in [0.3, 0.4) is 0 Å². The van der Waals surface area contributed by atoms with Gasteiger partial charge in [-0.1, -0.05) is 38.0 Å². The summed E-state index contributed by atoms with van der Waals surface area (Å²) in [4.78, 5) is 0. The highest BCUT2D eigenvalue weighted by Gasteiger charge is 2.06. The molecule has 0 saturated carbocycles. The molecule has 0 atom stereocenters. The van der Waals surface area contributed by atoms with E-state index in [9.17, 15) is 4.39 Å². The first kappa shape index (κ1) is 21.3. The normalized spacial score (nSPS) is 10.2. The van der Waals surface area contributed by atoms with Gasteiger partial charge in [-0.05, 0) is 48.4 Å². The predicted octanol–water partition coefficient (Wildman–Crippen LogP) is 5.11. The molecule has 0 radical (unpaired) electrons. The number of hydrogen-bond donors (Lipinski definition) is 1. The van der Waals surface area contributed by atoms with Crippen molar-refractivity contribution < 1.29 is 13.9 Å². The second-order valence-electron chi connectivity index (χ2n) is 5.78. The van der Waals surface area contributed by atoms with Gasteiger partial charge in [-0.25, -0.2) is 4.39 Å². The van der Waals surface area contributed by atoms with Crippen LogP contribution >= 0.6 is 12.4 Å². The van der Waals surface area contributed by atoms with Crippen molar-refractivity contribution in [1.29, 1.82) is 0 Å². The van der Waals surface area contributed by atoms with E-state index >= 15 is 0 Å². The maximum Gasteiger partial charge on any atom is 0.161 e. The Morgan fingerprint density at radius 1 is 0.960 bits per heavy atom. The molecule has 0 unspecified atom stereocenters. The third-order valence-electron chi connectivity index (χ3n) is 3.82. The number of methoxy groups -OCH3 is 1. The fraction of sp³-hybridized carbons (Fsp3) is 0.400. The minimum Gasteiger partial charge on any atom is -0.493 e. The molecule has 0 fully saturated rings. The molecule has 2 aromatic carbocycles. The number of benzene rings is 2. The third kappa shape index (κ3) is 7.32. The van der Waals surface area contributed by atoms with Crippen LogP contribution in [0.15, 0.2) is 42.5 Å². The third-order valence-corrected chi connectivity index (χ3v) is 3.82. The van der Waals surface area contributed by atoms with E-state index in [2.05, 4.69) is 12.2 Å². The Hall–Kier alpha value is -1.78. The van der Waals surface area contributed by atoms with Crippen molar-refractivity contribution in [2.24, 2.45) is 0 Å². The molecule has 0 amide bonds. The second-order valence-corrected chi connectivity index (χ2v) is 5.78. The molecule has 0 aromatic heterocycles. The summed E-state index contributed by atoms with van der Waals surface area (Å²) in [6.45, 7) is 4.43. The Morgan fingerprint density at radius 2 is 1.68 bits per heavy atom. The van der Waals surface area contributed by atoms with E-state index in [1.54, 1.807) is 19.2 Å². The summed E-state index contributed by atoms with van der Waals surface area (Å²) >= 11 is 0. The van der Waals surface area contributed by atoms with Gasteiger partial charge in [-0.2, -0.15) is 0 Å². The lowest BCUT2D eigenvalue weighted by Gasteiger charge is -2.13. The highest BCUT2D eigenvalue weighted by molar-refractivity contribution is 5.85. The monoisotopic (exact) mass is 367 g/mol. The molecule has 0 aliphatic heterocycles. The molecular weight excluding hydrogens is 341 g/mol. The Labute approximate surface area is 156 Å². The average Bonchev–Trinajstić information content (AvgIpc) is 2.61. The van der Waals surface area contributed by atoms with Crippen molar-refractivity contribution in [3.8, 4) is 11.5 Å². The summed E-state index contributed by atoms with van der Waals surface area (Å²) in [5, 5.41) is 3.44. The van der Waals surface area contributed by atoms with E-state index in [1.807, 2.05) is 18.2 Å². The van der Waals surface area contributed by atoms with Gasteiger partial charge in [-0.3, -0.25) is 0 Å². The molecule has 0 bridgehead atoms. The van der Waals surface area contributed by atoms with Crippen LogP contribution in [0.25, 0.3) is 0 Å². The summed E-state index contributed by atoms with van der Waals surface area (Å²) in [6.07, 6.45) is 3.69. The minimum atomic E-state index is -0.243. The topological polar surface area (TPSA) is 30.5 Å². The zero-order chi connectivity index (χ0) is 17.2. The summed E-state index contributed by atoms with van der Waals surface area (Å²) in [5.41, 5.74) is 2.08. The highest BCUT2D eigenvalue weighted by atomic mass is 35.5. The van der Waals surface area contributed by atoms with Gasteiger partial charge >= 0.3 is 0 Å². The van der Waals surface area contributed by atoms with Gasteiger partial charge in [-0.15, -0.1) is 12.4 Å². The van der Waals surface area contributed by atoms with Crippen molar-refractivity contribution in [3.05, 3.63) is 59.4 Å². The van der Waals surface area contributed by atoms with Crippen LogP contribution in [0.5, 0.6) is 11.5 Å².